The van der Waals surface area contributed by atoms with Crippen molar-refractivity contribution in [3.63, 3.8) is 0 Å². The largest absolute Gasteiger partial charge is 0.508 e. The van der Waals surface area contributed by atoms with Crippen molar-refractivity contribution in [2.75, 3.05) is 5.32 Å². The highest BCUT2D eigenvalue weighted by Gasteiger charge is 2.07. The molecule has 2 nitrogen and oxygen atoms in total. The minimum atomic E-state index is -0.408. The molecule has 2 aromatic carbocycles. The van der Waals surface area contributed by atoms with Crippen molar-refractivity contribution in [1.82, 2.24) is 0 Å². The van der Waals surface area contributed by atoms with Gasteiger partial charge in [0.15, 0.2) is 0 Å². The van der Waals surface area contributed by atoms with E-state index in [0.29, 0.717) is 21.3 Å². The summed E-state index contributed by atoms with van der Waals surface area (Å²) in [6, 6.07) is 8.88. The maximum absolute atomic E-state index is 13.0. The molecular formula is C13H10Cl2FNO. The third kappa shape index (κ3) is 2.86. The standard InChI is InChI=1S/C13H10Cl2FNO/c14-10-2-1-3-11(15)13(10)17-7-8-6-9(16)4-5-12(8)18/h1-6,17-18H,7H2. The van der Waals surface area contributed by atoms with Gasteiger partial charge in [-0.05, 0) is 30.3 Å². The number of hydrogen-bond acceptors (Lipinski definition) is 2. The minimum absolute atomic E-state index is 0.0204. The van der Waals surface area contributed by atoms with Gasteiger partial charge in [-0.3, -0.25) is 0 Å². The molecule has 2 N–H and O–H groups in total. The number of phenolic OH excluding ortho intramolecular Hbond substituents is 1. The predicted octanol–water partition coefficient (Wildman–Crippen LogP) is 4.45. The summed E-state index contributed by atoms with van der Waals surface area (Å²) in [6.07, 6.45) is 0. The van der Waals surface area contributed by atoms with E-state index in [-0.39, 0.29) is 12.3 Å². The Kier molecular flexibility index (Phi) is 3.94. The highest BCUT2D eigenvalue weighted by molar-refractivity contribution is 6.39. The van der Waals surface area contributed by atoms with Gasteiger partial charge in [0.05, 0.1) is 15.7 Å². The Labute approximate surface area is 114 Å². The molecule has 0 unspecified atom stereocenters. The van der Waals surface area contributed by atoms with Crippen molar-refractivity contribution >= 4 is 28.9 Å². The fourth-order valence-electron chi connectivity index (χ4n) is 1.55. The Bertz CT molecular complexity index is 555. The third-order valence-corrected chi connectivity index (χ3v) is 3.09. The zero-order valence-electron chi connectivity index (χ0n) is 9.25. The molecule has 0 saturated carbocycles. The number of nitrogens with one attached hydrogen (secondary N) is 1. The molecule has 0 aliphatic heterocycles. The molecule has 5 heteroatoms. The first kappa shape index (κ1) is 13.0. The molecular weight excluding hydrogens is 276 g/mol. The Hall–Kier alpha value is -1.45. The fraction of sp³-hybridized carbons (Fsp3) is 0.0769. The van der Waals surface area contributed by atoms with E-state index >= 15 is 0 Å². The van der Waals surface area contributed by atoms with Crippen LogP contribution in [0.25, 0.3) is 0 Å². The van der Waals surface area contributed by atoms with Gasteiger partial charge in [0.25, 0.3) is 0 Å². The van der Waals surface area contributed by atoms with Gasteiger partial charge >= 0.3 is 0 Å². The second-order valence-corrected chi connectivity index (χ2v) is 4.54. The number of aromatic hydroxyl groups is 1. The predicted molar refractivity (Wildman–Crippen MR) is 71.9 cm³/mol. The van der Waals surface area contributed by atoms with Crippen LogP contribution in [0.2, 0.25) is 10.0 Å². The van der Waals surface area contributed by atoms with Crippen molar-refractivity contribution in [2.24, 2.45) is 0 Å². The summed E-state index contributed by atoms with van der Waals surface area (Å²) in [5, 5.41) is 13.5. The molecule has 0 spiro atoms. The summed E-state index contributed by atoms with van der Waals surface area (Å²) in [7, 11) is 0. The van der Waals surface area contributed by atoms with Crippen LogP contribution in [0.5, 0.6) is 5.75 Å². The second-order valence-electron chi connectivity index (χ2n) is 3.72. The number of hydrogen-bond donors (Lipinski definition) is 2. The van der Waals surface area contributed by atoms with Gasteiger partial charge in [0.2, 0.25) is 0 Å². The Morgan fingerprint density at radius 2 is 1.78 bits per heavy atom. The lowest BCUT2D eigenvalue weighted by Gasteiger charge is -2.11. The smallest absolute Gasteiger partial charge is 0.123 e. The summed E-state index contributed by atoms with van der Waals surface area (Å²) in [5.41, 5.74) is 0.996. The zero-order chi connectivity index (χ0) is 13.1. The van der Waals surface area contributed by atoms with Crippen molar-refractivity contribution in [3.05, 3.63) is 57.8 Å². The summed E-state index contributed by atoms with van der Waals surface area (Å²) in [5.74, 6) is -0.387. The van der Waals surface area contributed by atoms with Gasteiger partial charge in [-0.1, -0.05) is 29.3 Å². The lowest BCUT2D eigenvalue weighted by Crippen LogP contribution is -2.01. The number of rotatable bonds is 3. The molecule has 94 valence electrons. The first-order chi connectivity index (χ1) is 8.58. The lowest BCUT2D eigenvalue weighted by molar-refractivity contribution is 0.466. The topological polar surface area (TPSA) is 32.3 Å². The summed E-state index contributed by atoms with van der Waals surface area (Å²) in [6.45, 7) is 0.229. The molecule has 0 atom stereocenters. The highest BCUT2D eigenvalue weighted by atomic mass is 35.5. The van der Waals surface area contributed by atoms with Crippen LogP contribution in [0, 0.1) is 5.82 Å². The molecule has 0 fully saturated rings. The molecule has 0 aliphatic carbocycles. The van der Waals surface area contributed by atoms with Crippen LogP contribution in [0.4, 0.5) is 10.1 Å². The average Bonchev–Trinajstić information content (AvgIpc) is 2.33. The van der Waals surface area contributed by atoms with Gasteiger partial charge in [-0.2, -0.15) is 0 Å². The van der Waals surface area contributed by atoms with Gasteiger partial charge in [-0.15, -0.1) is 0 Å². The van der Waals surface area contributed by atoms with E-state index in [1.54, 1.807) is 18.2 Å². The molecule has 2 aromatic rings. The van der Waals surface area contributed by atoms with E-state index in [1.807, 2.05) is 0 Å². The number of benzene rings is 2. The quantitative estimate of drug-likeness (QED) is 0.873. The first-order valence-corrected chi connectivity index (χ1v) is 5.99. The van der Waals surface area contributed by atoms with Crippen molar-refractivity contribution < 1.29 is 9.50 Å². The Balaban J connectivity index is 2.19. The lowest BCUT2D eigenvalue weighted by atomic mass is 10.2. The monoisotopic (exact) mass is 285 g/mol. The molecule has 0 heterocycles. The van der Waals surface area contributed by atoms with E-state index in [9.17, 15) is 9.50 Å². The zero-order valence-corrected chi connectivity index (χ0v) is 10.8. The molecule has 0 bridgehead atoms. The Morgan fingerprint density at radius 1 is 1.11 bits per heavy atom. The number of anilines is 1. The van der Waals surface area contributed by atoms with Crippen molar-refractivity contribution in [2.45, 2.75) is 6.54 Å². The van der Waals surface area contributed by atoms with E-state index in [0.717, 1.165) is 0 Å². The van der Waals surface area contributed by atoms with Crippen LogP contribution in [0.1, 0.15) is 5.56 Å². The van der Waals surface area contributed by atoms with E-state index in [1.165, 1.54) is 18.2 Å². The summed E-state index contributed by atoms with van der Waals surface area (Å²) >= 11 is 12.0. The second kappa shape index (κ2) is 5.46. The fourth-order valence-corrected chi connectivity index (χ4v) is 2.08. The molecule has 0 aliphatic rings. The Morgan fingerprint density at radius 3 is 2.44 bits per heavy atom. The highest BCUT2D eigenvalue weighted by Crippen LogP contribution is 2.30. The molecule has 18 heavy (non-hydrogen) atoms. The van der Waals surface area contributed by atoms with Crippen LogP contribution in [-0.2, 0) is 6.54 Å². The van der Waals surface area contributed by atoms with Crippen LogP contribution < -0.4 is 5.32 Å². The molecule has 0 saturated heterocycles. The number of phenols is 1. The number of para-hydroxylation sites is 1. The van der Waals surface area contributed by atoms with E-state index in [4.69, 9.17) is 23.2 Å². The van der Waals surface area contributed by atoms with Gasteiger partial charge < -0.3 is 10.4 Å². The normalized spacial score (nSPS) is 10.4. The summed E-state index contributed by atoms with van der Waals surface area (Å²) in [4.78, 5) is 0. The maximum Gasteiger partial charge on any atom is 0.123 e. The summed E-state index contributed by atoms with van der Waals surface area (Å²) < 4.78 is 13.0. The first-order valence-electron chi connectivity index (χ1n) is 5.23. The van der Waals surface area contributed by atoms with Crippen LogP contribution in [-0.4, -0.2) is 5.11 Å². The van der Waals surface area contributed by atoms with Crippen LogP contribution >= 0.6 is 23.2 Å². The minimum Gasteiger partial charge on any atom is -0.508 e. The van der Waals surface area contributed by atoms with Crippen molar-refractivity contribution in [1.29, 1.82) is 0 Å². The van der Waals surface area contributed by atoms with Gasteiger partial charge in [0.1, 0.15) is 11.6 Å². The average molecular weight is 286 g/mol. The van der Waals surface area contributed by atoms with E-state index in [2.05, 4.69) is 5.32 Å². The maximum atomic E-state index is 13.0. The SMILES string of the molecule is Oc1ccc(F)cc1CNc1c(Cl)cccc1Cl. The molecule has 0 aromatic heterocycles. The molecule has 0 amide bonds. The molecule has 0 radical (unpaired) electrons. The van der Waals surface area contributed by atoms with Crippen LogP contribution in [0.15, 0.2) is 36.4 Å². The van der Waals surface area contributed by atoms with Gasteiger partial charge in [-0.25, -0.2) is 4.39 Å². The molecule has 2 rings (SSSR count). The van der Waals surface area contributed by atoms with Crippen molar-refractivity contribution in [3.8, 4) is 5.75 Å². The number of halogens is 3. The van der Waals surface area contributed by atoms with Crippen LogP contribution in [0.3, 0.4) is 0 Å². The third-order valence-electron chi connectivity index (χ3n) is 2.46. The van der Waals surface area contributed by atoms with E-state index < -0.39 is 5.82 Å². The van der Waals surface area contributed by atoms with Gasteiger partial charge in [0, 0.05) is 12.1 Å².